The summed E-state index contributed by atoms with van der Waals surface area (Å²) in [5.41, 5.74) is 1.55. The molecule has 0 N–H and O–H groups in total. The van der Waals surface area contributed by atoms with Crippen molar-refractivity contribution in [2.45, 2.75) is 13.3 Å². The van der Waals surface area contributed by atoms with Crippen molar-refractivity contribution >= 4 is 28.4 Å². The van der Waals surface area contributed by atoms with Crippen molar-refractivity contribution in [3.05, 3.63) is 36.5 Å². The second-order valence-corrected chi connectivity index (χ2v) is 6.46. The molecule has 6 nitrogen and oxygen atoms in total. The van der Waals surface area contributed by atoms with Crippen LogP contribution < -0.4 is 4.90 Å². The number of rotatable bonds is 4. The van der Waals surface area contributed by atoms with Gasteiger partial charge in [-0.15, -0.1) is 0 Å². The van der Waals surface area contributed by atoms with Crippen LogP contribution in [0, 0.1) is 0 Å². The molecule has 0 radical (unpaired) electrons. The molecule has 1 saturated heterocycles. The summed E-state index contributed by atoms with van der Waals surface area (Å²) >= 11 is 0. The molecule has 2 amide bonds. The van der Waals surface area contributed by atoms with Gasteiger partial charge < -0.3 is 14.7 Å². The number of para-hydroxylation sites is 1. The first-order valence-electron chi connectivity index (χ1n) is 8.64. The third-order valence-corrected chi connectivity index (χ3v) is 4.69. The molecular formula is C19H24N4O2. The molecule has 0 atom stereocenters. The first kappa shape index (κ1) is 17.4. The fourth-order valence-electron chi connectivity index (χ4n) is 3.17. The van der Waals surface area contributed by atoms with E-state index in [0.717, 1.165) is 42.8 Å². The Labute approximate surface area is 148 Å². The van der Waals surface area contributed by atoms with Crippen LogP contribution in [0.5, 0.6) is 0 Å². The minimum absolute atomic E-state index is 0.0793. The predicted octanol–water partition coefficient (Wildman–Crippen LogP) is 1.75. The first-order chi connectivity index (χ1) is 12.1. The number of fused-ring (bicyclic) bond motifs is 1. The van der Waals surface area contributed by atoms with Gasteiger partial charge in [-0.2, -0.15) is 0 Å². The number of nitrogens with zero attached hydrogens (tertiary/aromatic N) is 4. The summed E-state index contributed by atoms with van der Waals surface area (Å²) in [6.07, 6.45) is 2.05. The molecule has 1 aliphatic rings. The summed E-state index contributed by atoms with van der Waals surface area (Å²) in [6.45, 7) is 5.21. The molecular weight excluding hydrogens is 316 g/mol. The molecule has 132 valence electrons. The van der Waals surface area contributed by atoms with E-state index >= 15 is 0 Å². The third-order valence-electron chi connectivity index (χ3n) is 4.69. The molecule has 1 aromatic heterocycles. The topological polar surface area (TPSA) is 56.8 Å². The van der Waals surface area contributed by atoms with Crippen LogP contribution in [0.2, 0.25) is 0 Å². The second kappa shape index (κ2) is 7.61. The number of hydrogen-bond donors (Lipinski definition) is 0. The Balaban J connectivity index is 1.73. The van der Waals surface area contributed by atoms with Gasteiger partial charge in [0.25, 0.3) is 0 Å². The zero-order valence-corrected chi connectivity index (χ0v) is 14.8. The number of pyridine rings is 1. The Morgan fingerprint density at radius 1 is 1.12 bits per heavy atom. The molecule has 2 aromatic rings. The van der Waals surface area contributed by atoms with E-state index in [4.69, 9.17) is 0 Å². The van der Waals surface area contributed by atoms with Gasteiger partial charge in [0.15, 0.2) is 0 Å². The lowest BCUT2D eigenvalue weighted by Gasteiger charge is -2.33. The van der Waals surface area contributed by atoms with Gasteiger partial charge in [0.2, 0.25) is 11.8 Å². The lowest BCUT2D eigenvalue weighted by molar-refractivity contribution is -0.132. The van der Waals surface area contributed by atoms with Crippen molar-refractivity contribution in [3.63, 3.8) is 0 Å². The Bertz CT molecular complexity index is 764. The lowest BCUT2D eigenvalue weighted by atomic mass is 10.1. The Kier molecular flexibility index (Phi) is 5.28. The number of hydrogen-bond acceptors (Lipinski definition) is 4. The fourth-order valence-corrected chi connectivity index (χ4v) is 3.17. The quantitative estimate of drug-likeness (QED) is 0.851. The Morgan fingerprint density at radius 2 is 1.84 bits per heavy atom. The van der Waals surface area contributed by atoms with Gasteiger partial charge >= 0.3 is 0 Å². The predicted molar refractivity (Wildman–Crippen MR) is 98.5 cm³/mol. The summed E-state index contributed by atoms with van der Waals surface area (Å²) in [5.74, 6) is 0.0249. The number of carbonyl (C=O) groups excluding carboxylic acids is 2. The summed E-state index contributed by atoms with van der Waals surface area (Å²) in [5, 5.41) is 0.983. The van der Waals surface area contributed by atoms with Gasteiger partial charge in [0, 0.05) is 57.7 Å². The van der Waals surface area contributed by atoms with Crippen LogP contribution in [-0.2, 0) is 9.59 Å². The van der Waals surface area contributed by atoms with Crippen molar-refractivity contribution in [2.24, 2.45) is 0 Å². The molecule has 1 fully saturated rings. The van der Waals surface area contributed by atoms with E-state index in [2.05, 4.69) is 16.9 Å². The summed E-state index contributed by atoms with van der Waals surface area (Å²) in [6, 6.07) is 9.62. The number of aromatic nitrogens is 1. The van der Waals surface area contributed by atoms with Crippen molar-refractivity contribution < 1.29 is 9.59 Å². The van der Waals surface area contributed by atoms with Gasteiger partial charge in [-0.3, -0.25) is 14.6 Å². The zero-order chi connectivity index (χ0) is 17.8. The molecule has 0 aliphatic carbocycles. The Morgan fingerprint density at radius 3 is 2.56 bits per heavy atom. The van der Waals surface area contributed by atoms with Crippen LogP contribution in [0.15, 0.2) is 36.5 Å². The normalized spacial score (nSPS) is 15.4. The maximum Gasteiger partial charge on any atom is 0.224 e. The first-order valence-corrected chi connectivity index (χ1v) is 8.64. The van der Waals surface area contributed by atoms with Gasteiger partial charge in [-0.05, 0) is 19.2 Å². The van der Waals surface area contributed by atoms with Crippen molar-refractivity contribution in [2.75, 3.05) is 44.7 Å². The highest BCUT2D eigenvalue weighted by Gasteiger charge is 2.21. The number of carbonyl (C=O) groups is 2. The number of amides is 2. The highest BCUT2D eigenvalue weighted by atomic mass is 16.2. The van der Waals surface area contributed by atoms with Crippen LogP contribution in [0.4, 0.5) is 5.69 Å². The minimum Gasteiger partial charge on any atom is -0.340 e. The lowest BCUT2D eigenvalue weighted by Crippen LogP contribution is -2.47. The SMILES string of the molecule is CC(=O)N(CCC(=O)N1CCN(C)CC1)c1cccc2cccnc12. The minimum atomic E-state index is -0.0793. The molecule has 0 saturated carbocycles. The molecule has 6 heteroatoms. The van der Waals surface area contributed by atoms with Gasteiger partial charge in [-0.1, -0.05) is 18.2 Å². The van der Waals surface area contributed by atoms with Crippen LogP contribution in [0.3, 0.4) is 0 Å². The second-order valence-electron chi connectivity index (χ2n) is 6.46. The summed E-state index contributed by atoms with van der Waals surface area (Å²) in [7, 11) is 2.06. The molecule has 25 heavy (non-hydrogen) atoms. The van der Waals surface area contributed by atoms with E-state index in [1.165, 1.54) is 6.92 Å². The zero-order valence-electron chi connectivity index (χ0n) is 14.8. The molecule has 3 rings (SSSR count). The van der Waals surface area contributed by atoms with E-state index in [1.807, 2.05) is 35.2 Å². The number of likely N-dealkylation sites (N-methyl/N-ethyl adjacent to an activating group) is 1. The highest BCUT2D eigenvalue weighted by molar-refractivity contribution is 6.01. The van der Waals surface area contributed by atoms with Crippen LogP contribution in [-0.4, -0.2) is 66.4 Å². The molecule has 0 bridgehead atoms. The monoisotopic (exact) mass is 340 g/mol. The number of anilines is 1. The average molecular weight is 340 g/mol. The standard InChI is InChI=1S/C19H24N4O2/c1-15(24)23(10-8-18(25)22-13-11-21(2)12-14-22)17-7-3-5-16-6-4-9-20-19(16)17/h3-7,9H,8,10-14H2,1-2H3. The van der Waals surface area contributed by atoms with E-state index in [-0.39, 0.29) is 11.8 Å². The van der Waals surface area contributed by atoms with Crippen LogP contribution in [0.1, 0.15) is 13.3 Å². The maximum absolute atomic E-state index is 12.5. The van der Waals surface area contributed by atoms with Crippen molar-refractivity contribution in [1.29, 1.82) is 0 Å². The fraction of sp³-hybridized carbons (Fsp3) is 0.421. The van der Waals surface area contributed by atoms with E-state index in [0.29, 0.717) is 13.0 Å². The molecule has 0 unspecified atom stereocenters. The molecule has 1 aliphatic heterocycles. The third kappa shape index (κ3) is 3.96. The molecule has 2 heterocycles. The Hall–Kier alpha value is -2.47. The van der Waals surface area contributed by atoms with E-state index in [1.54, 1.807) is 11.1 Å². The summed E-state index contributed by atoms with van der Waals surface area (Å²) in [4.78, 5) is 34.8. The van der Waals surface area contributed by atoms with E-state index < -0.39 is 0 Å². The molecule has 1 aromatic carbocycles. The van der Waals surface area contributed by atoms with E-state index in [9.17, 15) is 9.59 Å². The van der Waals surface area contributed by atoms with Crippen LogP contribution >= 0.6 is 0 Å². The van der Waals surface area contributed by atoms with Gasteiger partial charge in [0.1, 0.15) is 0 Å². The largest absolute Gasteiger partial charge is 0.340 e. The smallest absolute Gasteiger partial charge is 0.224 e. The van der Waals surface area contributed by atoms with Crippen molar-refractivity contribution in [1.82, 2.24) is 14.8 Å². The molecule has 0 spiro atoms. The average Bonchev–Trinajstić information content (AvgIpc) is 2.62. The highest BCUT2D eigenvalue weighted by Crippen LogP contribution is 2.25. The number of benzene rings is 1. The van der Waals surface area contributed by atoms with Crippen molar-refractivity contribution in [3.8, 4) is 0 Å². The van der Waals surface area contributed by atoms with Crippen LogP contribution in [0.25, 0.3) is 10.9 Å². The van der Waals surface area contributed by atoms with Gasteiger partial charge in [0.05, 0.1) is 11.2 Å². The maximum atomic E-state index is 12.5. The number of piperazine rings is 1. The van der Waals surface area contributed by atoms with Gasteiger partial charge in [-0.25, -0.2) is 0 Å². The summed E-state index contributed by atoms with van der Waals surface area (Å²) < 4.78 is 0.